The number of esters is 1. The van der Waals surface area contributed by atoms with E-state index >= 15 is 0 Å². The Morgan fingerprint density at radius 1 is 1.00 bits per heavy atom. The fraction of sp³-hybridized carbons (Fsp3) is 0.786. The molecule has 0 aliphatic carbocycles. The fourth-order valence-electron chi connectivity index (χ4n) is 2.50. The molecule has 0 radical (unpaired) electrons. The maximum absolute atomic E-state index is 11.4. The van der Waals surface area contributed by atoms with Crippen LogP contribution in [-0.4, -0.2) is 38.3 Å². The van der Waals surface area contributed by atoms with Gasteiger partial charge in [-0.2, -0.15) is 0 Å². The van der Waals surface area contributed by atoms with Gasteiger partial charge in [-0.15, -0.1) is 0 Å². The van der Waals surface area contributed by atoms with Crippen LogP contribution >= 0.6 is 0 Å². The van der Waals surface area contributed by atoms with Gasteiger partial charge in [0.15, 0.2) is 0 Å². The highest BCUT2D eigenvalue weighted by Gasteiger charge is 2.54. The van der Waals surface area contributed by atoms with E-state index in [1.165, 1.54) is 0 Å². The standard InChI is InChI=1S/C14H30O5Si3/c1-8-20(5)17-21(6,9-2)19-22(7,18-20)12-10-11-16-14(15)13(3)4/h3,8-12H2,1-2,4-7H3. The molecule has 1 fully saturated rings. The molecule has 0 spiro atoms. The van der Waals surface area contributed by atoms with Crippen LogP contribution in [0.3, 0.4) is 0 Å². The van der Waals surface area contributed by atoms with Crippen LogP contribution in [0.2, 0.25) is 37.8 Å². The zero-order valence-electron chi connectivity index (χ0n) is 14.8. The van der Waals surface area contributed by atoms with Crippen LogP contribution in [0.25, 0.3) is 0 Å². The Hall–Kier alpha value is -0.259. The topological polar surface area (TPSA) is 54.0 Å². The summed E-state index contributed by atoms with van der Waals surface area (Å²) in [6.45, 7) is 16.3. The van der Waals surface area contributed by atoms with Crippen LogP contribution in [-0.2, 0) is 21.9 Å². The van der Waals surface area contributed by atoms with Crippen LogP contribution in [0.5, 0.6) is 0 Å². The van der Waals surface area contributed by atoms with E-state index in [0.717, 1.165) is 24.6 Å². The number of hydrogen-bond donors (Lipinski definition) is 0. The average molecular weight is 363 g/mol. The molecule has 5 nitrogen and oxygen atoms in total. The first-order valence-corrected chi connectivity index (χ1v) is 15.6. The van der Waals surface area contributed by atoms with Gasteiger partial charge in [-0.05, 0) is 51.1 Å². The molecule has 0 aromatic carbocycles. The third kappa shape index (κ3) is 5.43. The molecule has 1 aliphatic heterocycles. The summed E-state index contributed by atoms with van der Waals surface area (Å²) < 4.78 is 24.2. The molecule has 128 valence electrons. The van der Waals surface area contributed by atoms with Gasteiger partial charge in [0.2, 0.25) is 0 Å². The molecule has 0 saturated carbocycles. The van der Waals surface area contributed by atoms with Crippen LogP contribution < -0.4 is 0 Å². The lowest BCUT2D eigenvalue weighted by Gasteiger charge is -2.50. The van der Waals surface area contributed by atoms with Crippen molar-refractivity contribution in [3.63, 3.8) is 0 Å². The second-order valence-corrected chi connectivity index (χ2v) is 17.6. The van der Waals surface area contributed by atoms with E-state index in [9.17, 15) is 4.79 Å². The molecule has 1 heterocycles. The zero-order valence-corrected chi connectivity index (χ0v) is 17.8. The molecule has 0 aromatic heterocycles. The molecule has 1 rings (SSSR count). The van der Waals surface area contributed by atoms with E-state index in [4.69, 9.17) is 17.1 Å². The van der Waals surface area contributed by atoms with Crippen LogP contribution in [0.15, 0.2) is 12.2 Å². The minimum Gasteiger partial charge on any atom is -0.462 e. The van der Waals surface area contributed by atoms with Gasteiger partial charge in [0.05, 0.1) is 6.61 Å². The average Bonchev–Trinajstić information content (AvgIpc) is 2.42. The molecule has 1 aliphatic rings. The molecule has 0 bridgehead atoms. The summed E-state index contributed by atoms with van der Waals surface area (Å²) in [5, 5.41) is 0. The Morgan fingerprint density at radius 2 is 1.45 bits per heavy atom. The predicted molar refractivity (Wildman–Crippen MR) is 94.3 cm³/mol. The summed E-state index contributed by atoms with van der Waals surface area (Å²) in [5.74, 6) is -0.332. The quantitative estimate of drug-likeness (QED) is 0.298. The van der Waals surface area contributed by atoms with Crippen molar-refractivity contribution in [2.45, 2.75) is 65.0 Å². The Morgan fingerprint density at radius 3 is 1.86 bits per heavy atom. The van der Waals surface area contributed by atoms with Gasteiger partial charge in [-0.25, -0.2) is 4.79 Å². The van der Waals surface area contributed by atoms with E-state index in [1.54, 1.807) is 6.92 Å². The number of carbonyl (C=O) groups is 1. The Bertz CT molecular complexity index is 413. The highest BCUT2D eigenvalue weighted by molar-refractivity contribution is 6.93. The summed E-state index contributed by atoms with van der Waals surface area (Å²) in [6, 6.07) is 2.70. The van der Waals surface area contributed by atoms with Gasteiger partial charge in [-0.3, -0.25) is 0 Å². The van der Waals surface area contributed by atoms with Gasteiger partial charge in [0.1, 0.15) is 0 Å². The minimum absolute atomic E-state index is 0.332. The second kappa shape index (κ2) is 7.54. The molecule has 22 heavy (non-hydrogen) atoms. The molecular formula is C14H30O5Si3. The number of rotatable bonds is 7. The first-order valence-electron chi connectivity index (χ1n) is 8.00. The van der Waals surface area contributed by atoms with Crippen molar-refractivity contribution < 1.29 is 21.9 Å². The van der Waals surface area contributed by atoms with Crippen molar-refractivity contribution in [1.82, 2.24) is 0 Å². The molecule has 1 saturated heterocycles. The SMILES string of the molecule is C=C(C)C(=O)OCCC[Si]1(C)O[Si](C)(CC)O[Si](C)(CC)O1. The third-order valence-electron chi connectivity index (χ3n) is 3.94. The lowest BCUT2D eigenvalue weighted by molar-refractivity contribution is -0.138. The highest BCUT2D eigenvalue weighted by Crippen LogP contribution is 2.36. The summed E-state index contributed by atoms with van der Waals surface area (Å²) in [5.41, 5.74) is 0.430. The molecule has 2 unspecified atom stereocenters. The second-order valence-electron chi connectivity index (χ2n) is 6.43. The largest absolute Gasteiger partial charge is 0.462 e. The van der Waals surface area contributed by atoms with Crippen molar-refractivity contribution in [3.8, 4) is 0 Å². The van der Waals surface area contributed by atoms with Crippen LogP contribution in [0.4, 0.5) is 0 Å². The monoisotopic (exact) mass is 362 g/mol. The lowest BCUT2D eigenvalue weighted by atomic mass is 10.4. The van der Waals surface area contributed by atoms with E-state index < -0.39 is 25.7 Å². The van der Waals surface area contributed by atoms with E-state index in [-0.39, 0.29) is 5.97 Å². The van der Waals surface area contributed by atoms with Crippen molar-refractivity contribution in [3.05, 3.63) is 12.2 Å². The summed E-state index contributed by atoms with van der Waals surface area (Å²) in [7, 11) is -6.52. The summed E-state index contributed by atoms with van der Waals surface area (Å²) >= 11 is 0. The van der Waals surface area contributed by atoms with Gasteiger partial charge < -0.3 is 17.1 Å². The highest BCUT2D eigenvalue weighted by atomic mass is 28.5. The summed E-state index contributed by atoms with van der Waals surface area (Å²) in [4.78, 5) is 11.4. The van der Waals surface area contributed by atoms with Gasteiger partial charge in [0, 0.05) is 5.57 Å². The van der Waals surface area contributed by atoms with Crippen molar-refractivity contribution in [2.75, 3.05) is 6.61 Å². The Labute approximate surface area is 137 Å². The Balaban J connectivity index is 2.62. The number of hydrogen-bond acceptors (Lipinski definition) is 5. The van der Waals surface area contributed by atoms with Crippen LogP contribution in [0, 0.1) is 0 Å². The lowest BCUT2D eigenvalue weighted by Crippen LogP contribution is -2.67. The maximum Gasteiger partial charge on any atom is 0.333 e. The first kappa shape index (κ1) is 19.8. The predicted octanol–water partition coefficient (Wildman–Crippen LogP) is 3.82. The van der Waals surface area contributed by atoms with Gasteiger partial charge >= 0.3 is 31.7 Å². The first-order chi connectivity index (χ1) is 10.1. The zero-order chi connectivity index (χ0) is 17.0. The van der Waals surface area contributed by atoms with E-state index in [2.05, 4.69) is 40.1 Å². The van der Waals surface area contributed by atoms with Gasteiger partial charge in [0.25, 0.3) is 0 Å². The van der Waals surface area contributed by atoms with Crippen molar-refractivity contribution in [2.24, 2.45) is 0 Å². The molecule has 8 heteroatoms. The summed E-state index contributed by atoms with van der Waals surface area (Å²) in [6.07, 6.45) is 0.754. The van der Waals surface area contributed by atoms with Gasteiger partial charge in [-0.1, -0.05) is 20.4 Å². The molecular weight excluding hydrogens is 332 g/mol. The molecule has 0 amide bonds. The van der Waals surface area contributed by atoms with E-state index in [0.29, 0.717) is 12.2 Å². The van der Waals surface area contributed by atoms with Crippen molar-refractivity contribution in [1.29, 1.82) is 0 Å². The van der Waals surface area contributed by atoms with E-state index in [1.807, 2.05) is 0 Å². The Kier molecular flexibility index (Phi) is 6.78. The molecule has 0 N–H and O–H groups in total. The minimum atomic E-state index is -2.26. The maximum atomic E-state index is 11.4. The fourth-order valence-corrected chi connectivity index (χ4v) is 19.0. The van der Waals surface area contributed by atoms with Crippen molar-refractivity contribution >= 4 is 31.7 Å². The number of ether oxygens (including phenoxy) is 1. The number of carbonyl (C=O) groups excluding carboxylic acids is 1. The smallest absolute Gasteiger partial charge is 0.333 e. The normalized spacial score (nSPS) is 35.2. The van der Waals surface area contributed by atoms with Crippen LogP contribution in [0.1, 0.15) is 27.2 Å². The third-order valence-corrected chi connectivity index (χ3v) is 18.1. The molecule has 0 aromatic rings. The molecule has 2 atom stereocenters.